The minimum absolute atomic E-state index is 0.624. The molecule has 0 N–H and O–H groups in total. The van der Waals surface area contributed by atoms with E-state index in [1.807, 2.05) is 6.92 Å². The lowest BCUT2D eigenvalue weighted by Crippen LogP contribution is -2.46. The molecule has 2 saturated heterocycles. The maximum absolute atomic E-state index is 13.4. The van der Waals surface area contributed by atoms with Crippen LogP contribution in [0.25, 0.3) is 0 Å². The van der Waals surface area contributed by atoms with Gasteiger partial charge in [0.25, 0.3) is 0 Å². The summed E-state index contributed by atoms with van der Waals surface area (Å²) in [4.78, 5) is 16.2. The molecule has 144 valence electrons. The molecule has 0 aliphatic carbocycles. The van der Waals surface area contributed by atoms with Crippen LogP contribution in [0, 0.1) is 18.6 Å². The third kappa shape index (κ3) is 4.18. The van der Waals surface area contributed by atoms with E-state index in [4.69, 9.17) is 4.98 Å². The highest BCUT2D eigenvalue weighted by atomic mass is 19.2. The molecule has 5 nitrogen and oxygen atoms in total. The van der Waals surface area contributed by atoms with Crippen LogP contribution in [-0.4, -0.2) is 54.1 Å². The van der Waals surface area contributed by atoms with Gasteiger partial charge in [0.2, 0.25) is 5.95 Å². The Morgan fingerprint density at radius 2 is 1.59 bits per heavy atom. The van der Waals surface area contributed by atoms with E-state index in [0.717, 1.165) is 62.3 Å². The summed E-state index contributed by atoms with van der Waals surface area (Å²) < 4.78 is 26.5. The molecule has 27 heavy (non-hydrogen) atoms. The number of nitrogens with zero attached hydrogens (tertiary/aromatic N) is 5. The number of hydrogen-bond donors (Lipinski definition) is 0. The van der Waals surface area contributed by atoms with Crippen LogP contribution in [0.15, 0.2) is 24.3 Å². The zero-order valence-corrected chi connectivity index (χ0v) is 15.7. The molecule has 4 rings (SSSR count). The number of aryl methyl sites for hydroxylation is 1. The van der Waals surface area contributed by atoms with Gasteiger partial charge in [-0.15, -0.1) is 0 Å². The van der Waals surface area contributed by atoms with Crippen LogP contribution in [0.5, 0.6) is 0 Å². The number of anilines is 2. The Bertz CT molecular complexity index is 799. The maximum atomic E-state index is 13.4. The van der Waals surface area contributed by atoms with Crippen molar-refractivity contribution >= 4 is 11.8 Å². The maximum Gasteiger partial charge on any atom is 0.227 e. The molecule has 7 heteroatoms. The van der Waals surface area contributed by atoms with E-state index in [2.05, 4.69) is 25.8 Å². The fourth-order valence-electron chi connectivity index (χ4n) is 3.79. The summed E-state index contributed by atoms with van der Waals surface area (Å²) in [6.45, 7) is 8.11. The molecule has 2 fully saturated rings. The smallest absolute Gasteiger partial charge is 0.227 e. The molecule has 1 aromatic carbocycles. The van der Waals surface area contributed by atoms with E-state index in [9.17, 15) is 8.78 Å². The molecule has 2 aromatic rings. The lowest BCUT2D eigenvalue weighted by atomic mass is 10.2. The fraction of sp³-hybridized carbons (Fsp3) is 0.500. The zero-order chi connectivity index (χ0) is 18.8. The molecule has 0 unspecified atom stereocenters. The van der Waals surface area contributed by atoms with Crippen molar-refractivity contribution in [3.8, 4) is 0 Å². The third-order valence-corrected chi connectivity index (χ3v) is 5.30. The van der Waals surface area contributed by atoms with E-state index in [-0.39, 0.29) is 0 Å². The monoisotopic (exact) mass is 373 g/mol. The average molecular weight is 373 g/mol. The molecular weight excluding hydrogens is 348 g/mol. The molecule has 2 aliphatic rings. The van der Waals surface area contributed by atoms with E-state index < -0.39 is 11.6 Å². The summed E-state index contributed by atoms with van der Waals surface area (Å²) in [7, 11) is 0. The topological polar surface area (TPSA) is 35.5 Å². The molecule has 2 aliphatic heterocycles. The molecule has 3 heterocycles. The van der Waals surface area contributed by atoms with E-state index >= 15 is 0 Å². The SMILES string of the molecule is Cc1cc(N2CCCC2)nc(N2CCN(Cc3ccc(F)c(F)c3)CC2)n1. The molecule has 0 bridgehead atoms. The van der Waals surface area contributed by atoms with E-state index in [0.29, 0.717) is 6.54 Å². The minimum atomic E-state index is -0.797. The van der Waals surface area contributed by atoms with Gasteiger partial charge in [-0.05, 0) is 37.5 Å². The molecule has 1 aromatic heterocycles. The van der Waals surface area contributed by atoms with Crippen molar-refractivity contribution in [2.45, 2.75) is 26.3 Å². The first kappa shape index (κ1) is 18.1. The van der Waals surface area contributed by atoms with Crippen LogP contribution < -0.4 is 9.80 Å². The van der Waals surface area contributed by atoms with Crippen LogP contribution >= 0.6 is 0 Å². The number of piperazine rings is 1. The lowest BCUT2D eigenvalue weighted by Gasteiger charge is -2.35. The van der Waals surface area contributed by atoms with Gasteiger partial charge in [0.05, 0.1) is 0 Å². The van der Waals surface area contributed by atoms with Gasteiger partial charge in [0, 0.05) is 57.6 Å². The number of hydrogen-bond acceptors (Lipinski definition) is 5. The first-order chi connectivity index (χ1) is 13.1. The quantitative estimate of drug-likeness (QED) is 0.823. The van der Waals surface area contributed by atoms with Crippen molar-refractivity contribution in [3.05, 3.63) is 47.2 Å². The number of benzene rings is 1. The van der Waals surface area contributed by atoms with Crippen molar-refractivity contribution in [1.82, 2.24) is 14.9 Å². The Kier molecular flexibility index (Phi) is 5.20. The second-order valence-electron chi connectivity index (χ2n) is 7.37. The second kappa shape index (κ2) is 7.76. The van der Waals surface area contributed by atoms with Crippen molar-refractivity contribution in [2.24, 2.45) is 0 Å². The van der Waals surface area contributed by atoms with Crippen molar-refractivity contribution < 1.29 is 8.78 Å². The fourth-order valence-corrected chi connectivity index (χ4v) is 3.79. The molecule has 0 spiro atoms. The third-order valence-electron chi connectivity index (χ3n) is 5.30. The molecule has 0 atom stereocenters. The van der Waals surface area contributed by atoms with Crippen LogP contribution in [-0.2, 0) is 6.54 Å². The van der Waals surface area contributed by atoms with Crippen LogP contribution in [0.1, 0.15) is 24.1 Å². The Hall–Kier alpha value is -2.28. The molecule has 0 amide bonds. The number of aromatic nitrogens is 2. The number of halogens is 2. The summed E-state index contributed by atoms with van der Waals surface area (Å²) in [5.41, 5.74) is 1.79. The van der Waals surface area contributed by atoms with Gasteiger partial charge in [0.1, 0.15) is 5.82 Å². The minimum Gasteiger partial charge on any atom is -0.356 e. The predicted molar refractivity (Wildman–Crippen MR) is 102 cm³/mol. The van der Waals surface area contributed by atoms with Crippen LogP contribution in [0.2, 0.25) is 0 Å². The van der Waals surface area contributed by atoms with Crippen molar-refractivity contribution in [1.29, 1.82) is 0 Å². The van der Waals surface area contributed by atoms with Gasteiger partial charge in [-0.3, -0.25) is 4.90 Å². The van der Waals surface area contributed by atoms with Crippen molar-refractivity contribution in [2.75, 3.05) is 49.1 Å². The van der Waals surface area contributed by atoms with Gasteiger partial charge in [0.15, 0.2) is 11.6 Å². The zero-order valence-electron chi connectivity index (χ0n) is 15.7. The van der Waals surface area contributed by atoms with Gasteiger partial charge < -0.3 is 9.80 Å². The van der Waals surface area contributed by atoms with Crippen molar-refractivity contribution in [3.63, 3.8) is 0 Å². The summed E-state index contributed by atoms with van der Waals surface area (Å²) in [6, 6.07) is 6.19. The Morgan fingerprint density at radius 3 is 2.30 bits per heavy atom. The highest BCUT2D eigenvalue weighted by molar-refractivity contribution is 5.46. The average Bonchev–Trinajstić information content (AvgIpc) is 3.20. The van der Waals surface area contributed by atoms with Crippen LogP contribution in [0.4, 0.5) is 20.5 Å². The summed E-state index contributed by atoms with van der Waals surface area (Å²) in [5.74, 6) is 0.242. The van der Waals surface area contributed by atoms with Gasteiger partial charge in [-0.2, -0.15) is 4.98 Å². The lowest BCUT2D eigenvalue weighted by molar-refractivity contribution is 0.248. The van der Waals surface area contributed by atoms with Gasteiger partial charge >= 0.3 is 0 Å². The highest BCUT2D eigenvalue weighted by Crippen LogP contribution is 2.22. The summed E-state index contributed by atoms with van der Waals surface area (Å²) in [6.07, 6.45) is 2.45. The Morgan fingerprint density at radius 1 is 0.852 bits per heavy atom. The Balaban J connectivity index is 1.39. The van der Waals surface area contributed by atoms with E-state index in [1.54, 1.807) is 6.07 Å². The van der Waals surface area contributed by atoms with Crippen LogP contribution in [0.3, 0.4) is 0 Å². The summed E-state index contributed by atoms with van der Waals surface area (Å²) >= 11 is 0. The normalized spacial score (nSPS) is 18.3. The Labute approximate surface area is 158 Å². The number of rotatable bonds is 4. The summed E-state index contributed by atoms with van der Waals surface area (Å²) in [5, 5.41) is 0. The molecular formula is C20H25F2N5. The molecule has 0 saturated carbocycles. The highest BCUT2D eigenvalue weighted by Gasteiger charge is 2.22. The molecule has 0 radical (unpaired) electrons. The first-order valence-electron chi connectivity index (χ1n) is 9.60. The van der Waals surface area contributed by atoms with E-state index in [1.165, 1.54) is 25.0 Å². The predicted octanol–water partition coefficient (Wildman–Crippen LogP) is 2.99. The standard InChI is InChI=1S/C20H25F2N5/c1-15-12-19(26-6-2-3-7-26)24-20(23-15)27-10-8-25(9-11-27)14-16-4-5-17(21)18(22)13-16/h4-5,12-13H,2-3,6-11,14H2,1H3. The van der Waals surface area contributed by atoms with Gasteiger partial charge in [-0.25, -0.2) is 13.8 Å². The largest absolute Gasteiger partial charge is 0.356 e. The second-order valence-corrected chi connectivity index (χ2v) is 7.37. The first-order valence-corrected chi connectivity index (χ1v) is 9.60. The van der Waals surface area contributed by atoms with Gasteiger partial charge in [-0.1, -0.05) is 6.07 Å².